The summed E-state index contributed by atoms with van der Waals surface area (Å²) in [5.41, 5.74) is 1.68. The van der Waals surface area contributed by atoms with Gasteiger partial charge < -0.3 is 5.32 Å². The van der Waals surface area contributed by atoms with Gasteiger partial charge >= 0.3 is 0 Å². The van der Waals surface area contributed by atoms with Gasteiger partial charge in [0.2, 0.25) is 0 Å². The van der Waals surface area contributed by atoms with Gasteiger partial charge in [-0.25, -0.2) is 8.42 Å². The summed E-state index contributed by atoms with van der Waals surface area (Å²) >= 11 is 1.26. The minimum atomic E-state index is -3.46. The molecule has 1 aromatic carbocycles. The van der Waals surface area contributed by atoms with Crippen LogP contribution in [0.25, 0.3) is 0 Å². The second-order valence-corrected chi connectivity index (χ2v) is 7.39. The molecule has 0 fully saturated rings. The number of nitrogens with one attached hydrogen (secondary N) is 2. The van der Waals surface area contributed by atoms with Crippen LogP contribution in [-0.2, 0) is 16.6 Å². The molecule has 102 valence electrons. The number of benzene rings is 1. The molecule has 0 spiro atoms. The lowest BCUT2D eigenvalue weighted by atomic mass is 10.2. The van der Waals surface area contributed by atoms with Gasteiger partial charge in [0.05, 0.1) is 0 Å². The summed E-state index contributed by atoms with van der Waals surface area (Å²) in [6.45, 7) is 2.65. The first kappa shape index (κ1) is 14.0. The molecule has 4 nitrogen and oxygen atoms in total. The van der Waals surface area contributed by atoms with E-state index >= 15 is 0 Å². The predicted octanol–water partition coefficient (Wildman–Crippen LogP) is 2.58. The van der Waals surface area contributed by atoms with Crippen LogP contribution in [0.1, 0.15) is 10.4 Å². The third kappa shape index (κ3) is 3.56. The zero-order valence-electron chi connectivity index (χ0n) is 10.8. The van der Waals surface area contributed by atoms with Crippen molar-refractivity contribution < 1.29 is 8.42 Å². The monoisotopic (exact) mass is 296 g/mol. The Morgan fingerprint density at radius 2 is 1.79 bits per heavy atom. The third-order valence-corrected chi connectivity index (χ3v) is 5.44. The van der Waals surface area contributed by atoms with Crippen molar-refractivity contribution in [1.82, 2.24) is 5.32 Å². The van der Waals surface area contributed by atoms with Crippen LogP contribution < -0.4 is 10.0 Å². The van der Waals surface area contributed by atoms with Crippen LogP contribution in [0.2, 0.25) is 0 Å². The van der Waals surface area contributed by atoms with Crippen molar-refractivity contribution in [2.75, 3.05) is 11.8 Å². The molecule has 19 heavy (non-hydrogen) atoms. The highest BCUT2D eigenvalue weighted by atomic mass is 32.2. The zero-order valence-corrected chi connectivity index (χ0v) is 12.4. The number of hydrogen-bond acceptors (Lipinski definition) is 4. The fraction of sp³-hybridized carbons (Fsp3) is 0.231. The fourth-order valence-corrected chi connectivity index (χ4v) is 4.00. The molecule has 2 N–H and O–H groups in total. The van der Waals surface area contributed by atoms with E-state index in [0.717, 1.165) is 17.0 Å². The van der Waals surface area contributed by atoms with Crippen molar-refractivity contribution in [3.63, 3.8) is 0 Å². The molecule has 0 saturated carbocycles. The van der Waals surface area contributed by atoms with E-state index in [2.05, 4.69) is 10.0 Å². The van der Waals surface area contributed by atoms with Crippen LogP contribution in [0.5, 0.6) is 0 Å². The zero-order chi connectivity index (χ0) is 13.9. The highest BCUT2D eigenvalue weighted by molar-refractivity contribution is 7.94. The van der Waals surface area contributed by atoms with Gasteiger partial charge in [-0.15, -0.1) is 11.3 Å². The molecular formula is C13H16N2O2S2. The van der Waals surface area contributed by atoms with E-state index in [1.807, 2.05) is 26.1 Å². The van der Waals surface area contributed by atoms with Gasteiger partial charge in [0.15, 0.2) is 0 Å². The molecule has 0 bridgehead atoms. The summed E-state index contributed by atoms with van der Waals surface area (Å²) < 4.78 is 27.1. The van der Waals surface area contributed by atoms with E-state index in [0.29, 0.717) is 9.90 Å². The van der Waals surface area contributed by atoms with Crippen LogP contribution in [-0.4, -0.2) is 15.5 Å². The van der Waals surface area contributed by atoms with Crippen molar-refractivity contribution in [2.45, 2.75) is 17.7 Å². The minimum Gasteiger partial charge on any atom is -0.316 e. The molecule has 0 amide bonds. The quantitative estimate of drug-likeness (QED) is 0.891. The molecule has 0 aliphatic heterocycles. The standard InChI is InChI=1S/C13H16N2O2S2/c1-10-3-8-13(18-10)19(16,17)15-12-6-4-11(5-7-12)9-14-2/h3-8,14-15H,9H2,1-2H3. The Morgan fingerprint density at radius 3 is 2.32 bits per heavy atom. The van der Waals surface area contributed by atoms with E-state index in [1.165, 1.54) is 11.3 Å². The summed E-state index contributed by atoms with van der Waals surface area (Å²) in [7, 11) is -1.59. The first-order valence-electron chi connectivity index (χ1n) is 5.84. The van der Waals surface area contributed by atoms with Crippen LogP contribution in [0.15, 0.2) is 40.6 Å². The SMILES string of the molecule is CNCc1ccc(NS(=O)(=O)c2ccc(C)s2)cc1. The summed E-state index contributed by atoms with van der Waals surface area (Å²) in [4.78, 5) is 0.977. The molecule has 0 unspecified atom stereocenters. The highest BCUT2D eigenvalue weighted by Crippen LogP contribution is 2.23. The van der Waals surface area contributed by atoms with Gasteiger partial charge in [0.25, 0.3) is 10.0 Å². The van der Waals surface area contributed by atoms with Crippen molar-refractivity contribution in [3.8, 4) is 0 Å². The van der Waals surface area contributed by atoms with E-state index < -0.39 is 10.0 Å². The maximum atomic E-state index is 12.1. The average Bonchev–Trinajstić information content (AvgIpc) is 2.79. The summed E-state index contributed by atoms with van der Waals surface area (Å²) in [5, 5.41) is 3.04. The fourth-order valence-electron chi connectivity index (χ4n) is 1.66. The number of thiophene rings is 1. The van der Waals surface area contributed by atoms with Gasteiger partial charge in [-0.2, -0.15) is 0 Å². The number of aryl methyl sites for hydroxylation is 1. The van der Waals surface area contributed by atoms with Crippen molar-refractivity contribution >= 4 is 27.0 Å². The lowest BCUT2D eigenvalue weighted by Gasteiger charge is -2.07. The largest absolute Gasteiger partial charge is 0.316 e. The normalized spacial score (nSPS) is 11.5. The predicted molar refractivity (Wildman–Crippen MR) is 79.1 cm³/mol. The molecule has 0 aliphatic carbocycles. The molecule has 2 rings (SSSR count). The lowest BCUT2D eigenvalue weighted by molar-refractivity contribution is 0.603. The molecule has 1 aromatic heterocycles. The second-order valence-electron chi connectivity index (χ2n) is 4.20. The molecule has 0 saturated heterocycles. The van der Waals surface area contributed by atoms with E-state index in [4.69, 9.17) is 0 Å². The molecular weight excluding hydrogens is 280 g/mol. The van der Waals surface area contributed by atoms with Crippen LogP contribution in [0.4, 0.5) is 5.69 Å². The van der Waals surface area contributed by atoms with Gasteiger partial charge in [0.1, 0.15) is 4.21 Å². The van der Waals surface area contributed by atoms with Crippen LogP contribution in [0.3, 0.4) is 0 Å². The van der Waals surface area contributed by atoms with Crippen LogP contribution >= 0.6 is 11.3 Å². The summed E-state index contributed by atoms with van der Waals surface area (Å²) in [5.74, 6) is 0. The number of anilines is 1. The smallest absolute Gasteiger partial charge is 0.271 e. The van der Waals surface area contributed by atoms with Gasteiger partial charge in [-0.3, -0.25) is 4.72 Å². The maximum Gasteiger partial charge on any atom is 0.271 e. The average molecular weight is 296 g/mol. The molecule has 0 radical (unpaired) electrons. The Kier molecular flexibility index (Phi) is 4.24. The Labute approximate surface area is 117 Å². The first-order chi connectivity index (χ1) is 9.01. The topological polar surface area (TPSA) is 58.2 Å². The number of sulfonamides is 1. The minimum absolute atomic E-state index is 0.337. The van der Waals surface area contributed by atoms with Crippen molar-refractivity contribution in [3.05, 3.63) is 46.8 Å². The third-order valence-electron chi connectivity index (χ3n) is 2.57. The lowest BCUT2D eigenvalue weighted by Crippen LogP contribution is -2.11. The maximum absolute atomic E-state index is 12.1. The Morgan fingerprint density at radius 1 is 1.11 bits per heavy atom. The molecule has 2 aromatic rings. The Hall–Kier alpha value is -1.37. The van der Waals surface area contributed by atoms with Gasteiger partial charge in [-0.1, -0.05) is 12.1 Å². The second kappa shape index (κ2) is 5.73. The molecule has 0 aliphatic rings. The van der Waals surface area contributed by atoms with Gasteiger partial charge in [0, 0.05) is 17.1 Å². The molecule has 0 atom stereocenters. The van der Waals surface area contributed by atoms with E-state index in [1.54, 1.807) is 24.3 Å². The summed E-state index contributed by atoms with van der Waals surface area (Å²) in [6, 6.07) is 10.8. The van der Waals surface area contributed by atoms with E-state index in [-0.39, 0.29) is 0 Å². The van der Waals surface area contributed by atoms with Gasteiger partial charge in [-0.05, 0) is 43.8 Å². The van der Waals surface area contributed by atoms with Crippen molar-refractivity contribution in [2.24, 2.45) is 0 Å². The molecule has 1 heterocycles. The first-order valence-corrected chi connectivity index (χ1v) is 8.14. The summed E-state index contributed by atoms with van der Waals surface area (Å²) in [6.07, 6.45) is 0. The number of hydrogen-bond donors (Lipinski definition) is 2. The highest BCUT2D eigenvalue weighted by Gasteiger charge is 2.15. The number of rotatable bonds is 5. The van der Waals surface area contributed by atoms with Crippen molar-refractivity contribution in [1.29, 1.82) is 0 Å². The Balaban J connectivity index is 2.16. The van der Waals surface area contributed by atoms with Crippen LogP contribution in [0, 0.1) is 6.92 Å². The van der Waals surface area contributed by atoms with E-state index in [9.17, 15) is 8.42 Å². The molecule has 6 heteroatoms. The Bertz CT molecular complexity index is 646.